The molecule has 1 N–H and O–H groups in total. The summed E-state index contributed by atoms with van der Waals surface area (Å²) in [6.45, 7) is 3.95. The molecular weight excluding hydrogens is 366 g/mol. The van der Waals surface area contributed by atoms with Crippen LogP contribution in [0.4, 0.5) is 5.82 Å². The summed E-state index contributed by atoms with van der Waals surface area (Å²) in [4.78, 5) is 17.4. The van der Waals surface area contributed by atoms with Crippen molar-refractivity contribution in [3.63, 3.8) is 0 Å². The summed E-state index contributed by atoms with van der Waals surface area (Å²) in [5, 5.41) is 3.96. The predicted octanol–water partition coefficient (Wildman–Crippen LogP) is 5.28. The number of hydrogen-bond donors (Lipinski definition) is 1. The van der Waals surface area contributed by atoms with Crippen LogP contribution in [0.15, 0.2) is 48.2 Å². The van der Waals surface area contributed by atoms with E-state index in [1.54, 1.807) is 17.5 Å². The molecule has 7 heteroatoms. The summed E-state index contributed by atoms with van der Waals surface area (Å²) >= 11 is 7.64. The van der Waals surface area contributed by atoms with Gasteiger partial charge in [-0.2, -0.15) is 0 Å². The van der Waals surface area contributed by atoms with Gasteiger partial charge in [-0.3, -0.25) is 0 Å². The molecule has 1 unspecified atom stereocenters. The maximum atomic E-state index is 6.02. The van der Waals surface area contributed by atoms with E-state index < -0.39 is 0 Å². The van der Waals surface area contributed by atoms with Crippen LogP contribution in [0.25, 0.3) is 21.3 Å². The van der Waals surface area contributed by atoms with Gasteiger partial charge in [0, 0.05) is 18.0 Å². The maximum absolute atomic E-state index is 6.02. The number of anilines is 1. The van der Waals surface area contributed by atoms with Crippen molar-refractivity contribution in [3.05, 3.63) is 64.8 Å². The van der Waals surface area contributed by atoms with Gasteiger partial charge in [-0.25, -0.2) is 19.9 Å². The molecule has 4 rings (SSSR count). The number of thiazole rings is 1. The molecule has 0 aliphatic rings. The van der Waals surface area contributed by atoms with Crippen molar-refractivity contribution < 1.29 is 0 Å². The number of rotatable bonds is 4. The Morgan fingerprint density at radius 2 is 2.00 bits per heavy atom. The lowest BCUT2D eigenvalue weighted by atomic mass is 10.1. The van der Waals surface area contributed by atoms with Gasteiger partial charge in [0.05, 0.1) is 21.8 Å². The summed E-state index contributed by atoms with van der Waals surface area (Å²) in [6.07, 6.45) is 3.57. The maximum Gasteiger partial charge on any atom is 0.138 e. The second-order valence-corrected chi connectivity index (χ2v) is 7.27. The minimum Gasteiger partial charge on any atom is -0.363 e. The van der Waals surface area contributed by atoms with Crippen molar-refractivity contribution in [2.24, 2.45) is 0 Å². The predicted molar refractivity (Wildman–Crippen MR) is 107 cm³/mol. The standard InChI is InChI=1S/C19H16ClN5S/c1-11(13-5-6-21-18(20)8-13)24-19-15(9-22-12(2)25-19)14-3-4-16-17(7-14)26-10-23-16/h3-11H,1-2H3,(H,22,24,25). The molecule has 0 bridgehead atoms. The lowest BCUT2D eigenvalue weighted by Gasteiger charge is -2.18. The largest absolute Gasteiger partial charge is 0.363 e. The monoisotopic (exact) mass is 381 g/mol. The first-order valence-corrected chi connectivity index (χ1v) is 9.41. The second-order valence-electron chi connectivity index (χ2n) is 5.99. The Balaban J connectivity index is 1.72. The number of aromatic nitrogens is 4. The number of aryl methyl sites for hydroxylation is 1. The van der Waals surface area contributed by atoms with Crippen molar-refractivity contribution in [1.29, 1.82) is 0 Å². The van der Waals surface area contributed by atoms with E-state index >= 15 is 0 Å². The van der Waals surface area contributed by atoms with E-state index in [9.17, 15) is 0 Å². The average molecular weight is 382 g/mol. The number of nitrogens with one attached hydrogen (secondary N) is 1. The number of fused-ring (bicyclic) bond motifs is 1. The first-order chi connectivity index (χ1) is 12.6. The molecule has 3 heterocycles. The molecule has 0 fully saturated rings. The van der Waals surface area contributed by atoms with Crippen molar-refractivity contribution in [2.45, 2.75) is 19.9 Å². The van der Waals surface area contributed by atoms with Crippen LogP contribution < -0.4 is 5.32 Å². The van der Waals surface area contributed by atoms with Crippen LogP contribution in [0.1, 0.15) is 24.4 Å². The molecule has 1 aromatic carbocycles. The highest BCUT2D eigenvalue weighted by Gasteiger charge is 2.13. The Bertz CT molecular complexity index is 1080. The van der Waals surface area contributed by atoms with Gasteiger partial charge in [-0.1, -0.05) is 17.7 Å². The van der Waals surface area contributed by atoms with Crippen LogP contribution >= 0.6 is 22.9 Å². The van der Waals surface area contributed by atoms with E-state index in [1.165, 1.54) is 0 Å². The topological polar surface area (TPSA) is 63.6 Å². The van der Waals surface area contributed by atoms with E-state index in [0.717, 1.165) is 38.5 Å². The number of pyridine rings is 1. The molecule has 0 spiro atoms. The van der Waals surface area contributed by atoms with Crippen molar-refractivity contribution >= 4 is 39.0 Å². The highest BCUT2D eigenvalue weighted by Crippen LogP contribution is 2.32. The summed E-state index contributed by atoms with van der Waals surface area (Å²) < 4.78 is 1.14. The van der Waals surface area contributed by atoms with Crippen molar-refractivity contribution in [3.8, 4) is 11.1 Å². The number of nitrogens with zero attached hydrogens (tertiary/aromatic N) is 4. The van der Waals surface area contributed by atoms with Gasteiger partial charge < -0.3 is 5.32 Å². The zero-order valence-corrected chi connectivity index (χ0v) is 15.8. The van der Waals surface area contributed by atoms with Gasteiger partial charge in [0.2, 0.25) is 0 Å². The Kier molecular flexibility index (Phi) is 4.53. The van der Waals surface area contributed by atoms with Gasteiger partial charge in [0.25, 0.3) is 0 Å². The Morgan fingerprint density at radius 3 is 2.85 bits per heavy atom. The molecule has 0 aliphatic carbocycles. The minimum atomic E-state index is 0.0238. The fourth-order valence-corrected chi connectivity index (χ4v) is 3.69. The zero-order chi connectivity index (χ0) is 18.1. The normalized spacial score (nSPS) is 12.3. The van der Waals surface area contributed by atoms with E-state index in [-0.39, 0.29) is 6.04 Å². The zero-order valence-electron chi connectivity index (χ0n) is 14.3. The molecule has 0 radical (unpaired) electrons. The molecule has 130 valence electrons. The highest BCUT2D eigenvalue weighted by molar-refractivity contribution is 7.16. The molecule has 3 aromatic heterocycles. The van der Waals surface area contributed by atoms with Gasteiger partial charge in [0.1, 0.15) is 16.8 Å². The van der Waals surface area contributed by atoms with Gasteiger partial charge >= 0.3 is 0 Å². The minimum absolute atomic E-state index is 0.0238. The average Bonchev–Trinajstić information content (AvgIpc) is 3.09. The molecule has 26 heavy (non-hydrogen) atoms. The number of benzene rings is 1. The number of halogens is 1. The third-order valence-electron chi connectivity index (χ3n) is 4.16. The molecule has 5 nitrogen and oxygen atoms in total. The smallest absolute Gasteiger partial charge is 0.138 e. The molecule has 0 saturated heterocycles. The molecule has 4 aromatic rings. The Hall–Kier alpha value is -2.57. The summed E-state index contributed by atoms with van der Waals surface area (Å²) in [6, 6.07) is 10.0. The quantitative estimate of drug-likeness (QED) is 0.487. The Morgan fingerprint density at radius 1 is 1.12 bits per heavy atom. The van der Waals surface area contributed by atoms with Crippen LogP contribution in [-0.4, -0.2) is 19.9 Å². The van der Waals surface area contributed by atoms with Crippen LogP contribution in [0.2, 0.25) is 5.15 Å². The molecule has 0 amide bonds. The summed E-state index contributed by atoms with van der Waals surface area (Å²) in [5.41, 5.74) is 5.92. The van der Waals surface area contributed by atoms with Crippen LogP contribution in [0.5, 0.6) is 0 Å². The van der Waals surface area contributed by atoms with Crippen molar-refractivity contribution in [2.75, 3.05) is 5.32 Å². The highest BCUT2D eigenvalue weighted by atomic mass is 35.5. The third kappa shape index (κ3) is 3.38. The van der Waals surface area contributed by atoms with E-state index in [1.807, 2.05) is 36.8 Å². The van der Waals surface area contributed by atoms with Crippen LogP contribution in [0.3, 0.4) is 0 Å². The lowest BCUT2D eigenvalue weighted by Crippen LogP contribution is -2.10. The van der Waals surface area contributed by atoms with Crippen LogP contribution in [0, 0.1) is 6.92 Å². The molecule has 1 atom stereocenters. The fourth-order valence-electron chi connectivity index (χ4n) is 2.79. The van der Waals surface area contributed by atoms with Gasteiger partial charge in [0.15, 0.2) is 0 Å². The van der Waals surface area contributed by atoms with Gasteiger partial charge in [-0.15, -0.1) is 11.3 Å². The summed E-state index contributed by atoms with van der Waals surface area (Å²) in [7, 11) is 0. The number of hydrogen-bond acceptors (Lipinski definition) is 6. The summed E-state index contributed by atoms with van der Waals surface area (Å²) in [5.74, 6) is 1.51. The first-order valence-electron chi connectivity index (χ1n) is 8.15. The van der Waals surface area contributed by atoms with Crippen molar-refractivity contribution in [1.82, 2.24) is 19.9 Å². The third-order valence-corrected chi connectivity index (χ3v) is 5.15. The fraction of sp³-hybridized carbons (Fsp3) is 0.158. The van der Waals surface area contributed by atoms with Gasteiger partial charge in [-0.05, 0) is 49.2 Å². The Labute approximate surface area is 160 Å². The molecule has 0 aliphatic heterocycles. The molecular formula is C19H16ClN5S. The van der Waals surface area contributed by atoms with Crippen LogP contribution in [-0.2, 0) is 0 Å². The molecule has 0 saturated carbocycles. The van der Waals surface area contributed by atoms with E-state index in [2.05, 4.69) is 44.3 Å². The SMILES string of the molecule is Cc1ncc(-c2ccc3ncsc3c2)c(NC(C)c2ccnc(Cl)c2)n1. The lowest BCUT2D eigenvalue weighted by molar-refractivity contribution is 0.865. The van der Waals surface area contributed by atoms with E-state index in [4.69, 9.17) is 11.6 Å². The van der Waals surface area contributed by atoms with E-state index in [0.29, 0.717) is 5.15 Å². The first kappa shape index (κ1) is 16.9. The second kappa shape index (κ2) is 6.97.